The SMILES string of the molecule is O=CN(O)CC(CC1CCCC1)C(=O)N1NCCC1C(=O)Nc1ncccn1. The maximum Gasteiger partial charge on any atom is 0.251 e. The zero-order valence-electron chi connectivity index (χ0n) is 15.7. The molecule has 3 rings (SSSR count). The van der Waals surface area contributed by atoms with E-state index in [1.54, 1.807) is 6.07 Å². The molecule has 3 N–H and O–H groups in total. The highest BCUT2D eigenvalue weighted by Gasteiger charge is 2.39. The molecule has 1 saturated heterocycles. The van der Waals surface area contributed by atoms with Crippen LogP contribution in [0.3, 0.4) is 0 Å². The topological polar surface area (TPSA) is 128 Å². The normalized spacial score (nSPS) is 20.8. The third-order valence-electron chi connectivity index (χ3n) is 5.32. The fraction of sp³-hybridized carbons (Fsp3) is 0.611. The van der Waals surface area contributed by atoms with Crippen molar-refractivity contribution < 1.29 is 19.6 Å². The molecule has 2 heterocycles. The fourth-order valence-corrected chi connectivity index (χ4v) is 3.97. The second kappa shape index (κ2) is 9.56. The van der Waals surface area contributed by atoms with Gasteiger partial charge in [-0.3, -0.25) is 29.9 Å². The summed E-state index contributed by atoms with van der Waals surface area (Å²) in [4.78, 5) is 44.6. The lowest BCUT2D eigenvalue weighted by atomic mass is 9.92. The number of nitrogens with zero attached hydrogens (tertiary/aromatic N) is 4. The minimum atomic E-state index is -0.703. The number of carbonyl (C=O) groups excluding carboxylic acids is 3. The molecular weight excluding hydrogens is 364 g/mol. The lowest BCUT2D eigenvalue weighted by Gasteiger charge is -2.29. The quantitative estimate of drug-likeness (QED) is 0.336. The molecule has 28 heavy (non-hydrogen) atoms. The molecule has 3 amide bonds. The van der Waals surface area contributed by atoms with Crippen LogP contribution in [0.25, 0.3) is 0 Å². The molecule has 1 aromatic heterocycles. The van der Waals surface area contributed by atoms with E-state index in [4.69, 9.17) is 0 Å². The van der Waals surface area contributed by atoms with Crippen molar-refractivity contribution in [2.75, 3.05) is 18.4 Å². The first-order valence-electron chi connectivity index (χ1n) is 9.63. The lowest BCUT2D eigenvalue weighted by Crippen LogP contribution is -2.51. The molecule has 1 aromatic rings. The van der Waals surface area contributed by atoms with Gasteiger partial charge in [0.25, 0.3) is 5.91 Å². The zero-order valence-corrected chi connectivity index (χ0v) is 15.7. The third kappa shape index (κ3) is 5.02. The Morgan fingerprint density at radius 3 is 2.71 bits per heavy atom. The van der Waals surface area contributed by atoms with Crippen LogP contribution in [0, 0.1) is 11.8 Å². The Kier molecular flexibility index (Phi) is 6.88. The predicted molar refractivity (Wildman–Crippen MR) is 98.5 cm³/mol. The van der Waals surface area contributed by atoms with Gasteiger partial charge in [0.2, 0.25) is 18.3 Å². The van der Waals surface area contributed by atoms with E-state index >= 15 is 0 Å². The monoisotopic (exact) mass is 390 g/mol. The van der Waals surface area contributed by atoms with E-state index in [1.165, 1.54) is 17.4 Å². The summed E-state index contributed by atoms with van der Waals surface area (Å²) in [6, 6.07) is 0.940. The van der Waals surface area contributed by atoms with Crippen LogP contribution in [-0.2, 0) is 14.4 Å². The number of hydroxylamine groups is 2. The Bertz CT molecular complexity index is 682. The second-order valence-electron chi connectivity index (χ2n) is 7.29. The predicted octanol–water partition coefficient (Wildman–Crippen LogP) is 0.565. The molecule has 1 saturated carbocycles. The van der Waals surface area contributed by atoms with Crippen molar-refractivity contribution in [1.29, 1.82) is 0 Å². The van der Waals surface area contributed by atoms with Crippen molar-refractivity contribution in [2.24, 2.45) is 11.8 Å². The van der Waals surface area contributed by atoms with Gasteiger partial charge < -0.3 is 0 Å². The van der Waals surface area contributed by atoms with Crippen molar-refractivity contribution in [3.05, 3.63) is 18.5 Å². The minimum absolute atomic E-state index is 0.0901. The molecule has 0 bridgehead atoms. The molecule has 152 valence electrons. The number of carbonyl (C=O) groups is 3. The van der Waals surface area contributed by atoms with E-state index in [0.29, 0.717) is 36.8 Å². The number of amides is 3. The van der Waals surface area contributed by atoms with Gasteiger partial charge in [-0.2, -0.15) is 0 Å². The Balaban J connectivity index is 1.68. The van der Waals surface area contributed by atoms with Gasteiger partial charge in [0.05, 0.1) is 12.5 Å². The van der Waals surface area contributed by atoms with Crippen LogP contribution >= 0.6 is 0 Å². The minimum Gasteiger partial charge on any atom is -0.293 e. The first kappa shape index (κ1) is 20.2. The first-order valence-corrected chi connectivity index (χ1v) is 9.63. The molecule has 2 fully saturated rings. The highest BCUT2D eigenvalue weighted by atomic mass is 16.5. The van der Waals surface area contributed by atoms with Crippen molar-refractivity contribution >= 4 is 24.2 Å². The Morgan fingerprint density at radius 1 is 1.32 bits per heavy atom. The van der Waals surface area contributed by atoms with Crippen molar-refractivity contribution in [2.45, 2.75) is 44.6 Å². The molecule has 0 aromatic carbocycles. The van der Waals surface area contributed by atoms with Gasteiger partial charge in [-0.05, 0) is 24.8 Å². The standard InChI is InChI=1S/C18H26N6O4/c25-12-23(28)11-14(10-13-4-1-2-5-13)17(27)24-15(6-9-21-24)16(26)22-18-19-7-3-8-20-18/h3,7-8,12-15,21,28H,1-2,4-6,9-11H2,(H,19,20,22,26). The van der Waals surface area contributed by atoms with Crippen LogP contribution in [0.2, 0.25) is 0 Å². The van der Waals surface area contributed by atoms with Gasteiger partial charge in [0.1, 0.15) is 6.04 Å². The summed E-state index contributed by atoms with van der Waals surface area (Å²) in [5, 5.41) is 14.1. The molecule has 1 aliphatic heterocycles. The van der Waals surface area contributed by atoms with Crippen molar-refractivity contribution in [1.82, 2.24) is 25.5 Å². The van der Waals surface area contributed by atoms with E-state index in [1.807, 2.05) is 0 Å². The van der Waals surface area contributed by atoms with Gasteiger partial charge >= 0.3 is 0 Å². The van der Waals surface area contributed by atoms with Crippen LogP contribution < -0.4 is 10.7 Å². The molecule has 1 aliphatic carbocycles. The van der Waals surface area contributed by atoms with E-state index in [0.717, 1.165) is 25.7 Å². The van der Waals surface area contributed by atoms with Gasteiger partial charge in [0, 0.05) is 18.9 Å². The van der Waals surface area contributed by atoms with Gasteiger partial charge in [-0.25, -0.2) is 20.5 Å². The molecular formula is C18H26N6O4. The number of aromatic nitrogens is 2. The molecule has 0 spiro atoms. The summed E-state index contributed by atoms with van der Waals surface area (Å²) >= 11 is 0. The molecule has 0 radical (unpaired) electrons. The maximum atomic E-state index is 13.2. The molecule has 10 nitrogen and oxygen atoms in total. The highest BCUT2D eigenvalue weighted by Crippen LogP contribution is 2.31. The number of rotatable bonds is 8. The van der Waals surface area contributed by atoms with Crippen LogP contribution in [0.15, 0.2) is 18.5 Å². The summed E-state index contributed by atoms with van der Waals surface area (Å²) in [6.45, 7) is 0.388. The smallest absolute Gasteiger partial charge is 0.251 e. The van der Waals surface area contributed by atoms with Crippen LogP contribution in [0.1, 0.15) is 38.5 Å². The van der Waals surface area contributed by atoms with Crippen LogP contribution in [0.4, 0.5) is 5.95 Å². The number of anilines is 1. The summed E-state index contributed by atoms with van der Waals surface area (Å²) in [5.74, 6) is -0.676. The number of nitrogens with one attached hydrogen (secondary N) is 2. The van der Waals surface area contributed by atoms with Crippen molar-refractivity contribution in [3.63, 3.8) is 0 Å². The van der Waals surface area contributed by atoms with Gasteiger partial charge in [0.15, 0.2) is 0 Å². The second-order valence-corrected chi connectivity index (χ2v) is 7.29. The highest BCUT2D eigenvalue weighted by molar-refractivity contribution is 5.96. The molecule has 2 unspecified atom stereocenters. The average molecular weight is 390 g/mol. The fourth-order valence-electron chi connectivity index (χ4n) is 3.97. The Morgan fingerprint density at radius 2 is 2.04 bits per heavy atom. The summed E-state index contributed by atoms with van der Waals surface area (Å²) in [7, 11) is 0. The largest absolute Gasteiger partial charge is 0.293 e. The summed E-state index contributed by atoms with van der Waals surface area (Å²) < 4.78 is 0. The van der Waals surface area contributed by atoms with E-state index in [-0.39, 0.29) is 24.3 Å². The van der Waals surface area contributed by atoms with Crippen molar-refractivity contribution in [3.8, 4) is 0 Å². The summed E-state index contributed by atoms with van der Waals surface area (Å²) in [6.07, 6.45) is 8.71. The number of hydrogen-bond donors (Lipinski definition) is 3. The van der Waals surface area contributed by atoms with Crippen LogP contribution in [0.5, 0.6) is 0 Å². The Hall–Kier alpha value is -2.59. The average Bonchev–Trinajstić information content (AvgIpc) is 3.39. The number of hydrazine groups is 1. The van der Waals surface area contributed by atoms with E-state index in [2.05, 4.69) is 20.7 Å². The third-order valence-corrected chi connectivity index (χ3v) is 5.32. The van der Waals surface area contributed by atoms with E-state index in [9.17, 15) is 19.6 Å². The number of hydrogen-bond acceptors (Lipinski definition) is 7. The first-order chi connectivity index (χ1) is 13.6. The van der Waals surface area contributed by atoms with Gasteiger partial charge in [-0.15, -0.1) is 0 Å². The zero-order chi connectivity index (χ0) is 19.9. The Labute approximate surface area is 163 Å². The summed E-state index contributed by atoms with van der Waals surface area (Å²) in [5.41, 5.74) is 2.96. The lowest BCUT2D eigenvalue weighted by molar-refractivity contribution is -0.159. The molecule has 10 heteroatoms. The molecule has 2 aliphatic rings. The van der Waals surface area contributed by atoms with Crippen LogP contribution in [-0.4, -0.2) is 62.6 Å². The van der Waals surface area contributed by atoms with E-state index < -0.39 is 12.0 Å². The molecule has 2 atom stereocenters. The maximum absolute atomic E-state index is 13.2. The van der Waals surface area contributed by atoms with Gasteiger partial charge in [-0.1, -0.05) is 25.7 Å².